The third-order valence-corrected chi connectivity index (χ3v) is 5.34. The highest BCUT2D eigenvalue weighted by Crippen LogP contribution is 2.34. The first-order valence-corrected chi connectivity index (χ1v) is 8.06. The van der Waals surface area contributed by atoms with E-state index in [1.165, 1.54) is 12.8 Å². The molecule has 3 heterocycles. The Labute approximate surface area is 134 Å². The fraction of sp³-hybridized carbons (Fsp3) is 0.500. The molecule has 2 bridgehead atoms. The van der Waals surface area contributed by atoms with E-state index in [1.807, 2.05) is 0 Å². The second kappa shape index (κ2) is 5.50. The van der Waals surface area contributed by atoms with Crippen LogP contribution in [-0.4, -0.2) is 51.4 Å². The number of aromatic nitrogens is 2. The summed E-state index contributed by atoms with van der Waals surface area (Å²) in [5, 5.41) is 19.8. The molecule has 122 valence electrons. The molecule has 2 saturated heterocycles. The lowest BCUT2D eigenvalue weighted by atomic mass is 9.98. The van der Waals surface area contributed by atoms with Gasteiger partial charge in [-0.3, -0.25) is 20.6 Å². The maximum atomic E-state index is 12.6. The predicted molar refractivity (Wildman–Crippen MR) is 86.6 cm³/mol. The molecule has 0 radical (unpaired) electrons. The molecular weight excluding hydrogens is 294 g/mol. The summed E-state index contributed by atoms with van der Waals surface area (Å²) in [5.74, 6) is -0.130. The molecule has 0 spiro atoms. The molecule has 23 heavy (non-hydrogen) atoms. The van der Waals surface area contributed by atoms with Crippen LogP contribution in [0.25, 0.3) is 10.9 Å². The van der Waals surface area contributed by atoms with Crippen LogP contribution in [0, 0.1) is 0 Å². The maximum Gasteiger partial charge on any atom is 0.272 e. The maximum absolute atomic E-state index is 12.6. The average Bonchev–Trinajstić information content (AvgIpc) is 3.04. The summed E-state index contributed by atoms with van der Waals surface area (Å²) in [7, 11) is 2.19. The Morgan fingerprint density at radius 3 is 2.78 bits per heavy atom. The van der Waals surface area contributed by atoms with E-state index in [4.69, 9.17) is 5.21 Å². The zero-order valence-corrected chi connectivity index (χ0v) is 13.0. The molecule has 4 rings (SSSR count). The van der Waals surface area contributed by atoms with E-state index in [0.717, 1.165) is 23.7 Å². The van der Waals surface area contributed by atoms with Gasteiger partial charge in [-0.25, -0.2) is 0 Å². The highest BCUT2D eigenvalue weighted by atomic mass is 16.5. The molecule has 4 N–H and O–H groups in total. The van der Waals surface area contributed by atoms with Crippen molar-refractivity contribution in [3.05, 3.63) is 23.9 Å². The molecule has 2 fully saturated rings. The summed E-state index contributed by atoms with van der Waals surface area (Å²) in [6.45, 7) is 0. The van der Waals surface area contributed by atoms with Gasteiger partial charge < -0.3 is 10.2 Å². The van der Waals surface area contributed by atoms with Crippen LogP contribution < -0.4 is 10.8 Å². The van der Waals surface area contributed by atoms with Crippen molar-refractivity contribution in [2.45, 2.75) is 43.8 Å². The molecule has 2 atom stereocenters. The van der Waals surface area contributed by atoms with E-state index in [9.17, 15) is 4.79 Å². The van der Waals surface area contributed by atoms with Gasteiger partial charge in [-0.1, -0.05) is 0 Å². The zero-order valence-electron chi connectivity index (χ0n) is 13.0. The SMILES string of the molecule is CN1C2CCC1CC(NC(=O)c1n[nH]c3cc(NO)ccc13)C2. The minimum Gasteiger partial charge on any atom is -0.348 e. The van der Waals surface area contributed by atoms with Crippen LogP contribution in [0.3, 0.4) is 0 Å². The summed E-state index contributed by atoms with van der Waals surface area (Å²) in [6.07, 6.45) is 4.49. The van der Waals surface area contributed by atoms with Gasteiger partial charge in [-0.2, -0.15) is 5.10 Å². The number of carbonyl (C=O) groups excluding carboxylic acids is 1. The van der Waals surface area contributed by atoms with Gasteiger partial charge in [0.1, 0.15) is 0 Å². The van der Waals surface area contributed by atoms with Crippen molar-refractivity contribution in [1.82, 2.24) is 20.4 Å². The number of hydrogen-bond donors (Lipinski definition) is 4. The Bertz CT molecular complexity index is 729. The Hall–Kier alpha value is -2.12. The van der Waals surface area contributed by atoms with Gasteiger partial charge in [0.05, 0.1) is 11.2 Å². The molecule has 2 aliphatic rings. The molecular formula is C16H21N5O2. The largest absolute Gasteiger partial charge is 0.348 e. The van der Waals surface area contributed by atoms with Gasteiger partial charge >= 0.3 is 0 Å². The van der Waals surface area contributed by atoms with Gasteiger partial charge in [0.2, 0.25) is 0 Å². The highest BCUT2D eigenvalue weighted by Gasteiger charge is 2.39. The first kappa shape index (κ1) is 14.5. The number of nitrogens with one attached hydrogen (secondary N) is 3. The number of amides is 1. The van der Waals surface area contributed by atoms with Crippen molar-refractivity contribution in [3.8, 4) is 0 Å². The lowest BCUT2D eigenvalue weighted by Crippen LogP contribution is -2.48. The minimum absolute atomic E-state index is 0.130. The number of piperidine rings is 1. The molecule has 0 saturated carbocycles. The smallest absolute Gasteiger partial charge is 0.272 e. The lowest BCUT2D eigenvalue weighted by molar-refractivity contribution is 0.0879. The van der Waals surface area contributed by atoms with Crippen LogP contribution in [-0.2, 0) is 0 Å². The first-order chi connectivity index (χ1) is 11.2. The lowest BCUT2D eigenvalue weighted by Gasteiger charge is -2.36. The van der Waals surface area contributed by atoms with Gasteiger partial charge in [0, 0.05) is 23.5 Å². The number of fused-ring (bicyclic) bond motifs is 3. The number of rotatable bonds is 3. The van der Waals surface area contributed by atoms with Crippen molar-refractivity contribution in [3.63, 3.8) is 0 Å². The fourth-order valence-electron chi connectivity index (χ4n) is 4.05. The van der Waals surface area contributed by atoms with Gasteiger partial charge in [0.25, 0.3) is 5.91 Å². The molecule has 1 amide bonds. The first-order valence-electron chi connectivity index (χ1n) is 8.06. The van der Waals surface area contributed by atoms with E-state index in [1.54, 1.807) is 18.2 Å². The van der Waals surface area contributed by atoms with Crippen LogP contribution in [0.2, 0.25) is 0 Å². The standard InChI is InChI=1S/C16H21N5O2/c1-21-11-3-4-12(21)7-10(6-11)17-16(22)15-13-5-2-9(20-23)8-14(13)18-19-15/h2,5,8,10-12,20,23H,3-4,6-7H2,1H3,(H,17,22)(H,18,19). The van der Waals surface area contributed by atoms with Crippen molar-refractivity contribution in [2.75, 3.05) is 12.5 Å². The van der Waals surface area contributed by atoms with Crippen LogP contribution >= 0.6 is 0 Å². The molecule has 2 aliphatic heterocycles. The summed E-state index contributed by atoms with van der Waals surface area (Å²) in [6, 6.07) is 6.62. The van der Waals surface area contributed by atoms with E-state index >= 15 is 0 Å². The van der Waals surface area contributed by atoms with Crippen LogP contribution in [0.4, 0.5) is 5.69 Å². The second-order valence-corrected chi connectivity index (χ2v) is 6.64. The molecule has 1 aromatic carbocycles. The average molecular weight is 315 g/mol. The minimum atomic E-state index is -0.130. The number of anilines is 1. The van der Waals surface area contributed by atoms with Crippen molar-refractivity contribution in [1.29, 1.82) is 0 Å². The van der Waals surface area contributed by atoms with E-state index in [0.29, 0.717) is 23.5 Å². The molecule has 0 aliphatic carbocycles. The number of nitrogens with zero attached hydrogens (tertiary/aromatic N) is 2. The molecule has 2 aromatic rings. The number of H-pyrrole nitrogens is 1. The van der Waals surface area contributed by atoms with Gasteiger partial charge in [-0.05, 0) is 50.9 Å². The normalized spacial score (nSPS) is 27.3. The number of hydrogen-bond acceptors (Lipinski definition) is 5. The van der Waals surface area contributed by atoms with E-state index in [-0.39, 0.29) is 11.9 Å². The quantitative estimate of drug-likeness (QED) is 0.647. The highest BCUT2D eigenvalue weighted by molar-refractivity contribution is 6.05. The van der Waals surface area contributed by atoms with Crippen LogP contribution in [0.1, 0.15) is 36.2 Å². The Balaban J connectivity index is 1.51. The van der Waals surface area contributed by atoms with E-state index < -0.39 is 0 Å². The molecule has 7 nitrogen and oxygen atoms in total. The topological polar surface area (TPSA) is 93.3 Å². The molecule has 7 heteroatoms. The predicted octanol–water partition coefficient (Wildman–Crippen LogP) is 1.72. The Kier molecular flexibility index (Phi) is 3.46. The van der Waals surface area contributed by atoms with Crippen LogP contribution in [0.15, 0.2) is 18.2 Å². The van der Waals surface area contributed by atoms with E-state index in [2.05, 4.69) is 32.9 Å². The summed E-state index contributed by atoms with van der Waals surface area (Å²) in [5.41, 5.74) is 3.78. The zero-order chi connectivity index (χ0) is 16.0. The van der Waals surface area contributed by atoms with Gasteiger partial charge in [0.15, 0.2) is 5.69 Å². The van der Waals surface area contributed by atoms with Crippen molar-refractivity contribution < 1.29 is 10.0 Å². The molecule has 1 aromatic heterocycles. The number of benzene rings is 1. The van der Waals surface area contributed by atoms with Crippen molar-refractivity contribution in [2.24, 2.45) is 0 Å². The van der Waals surface area contributed by atoms with Gasteiger partial charge in [-0.15, -0.1) is 0 Å². The Morgan fingerprint density at radius 1 is 1.35 bits per heavy atom. The summed E-state index contributed by atoms with van der Waals surface area (Å²) >= 11 is 0. The molecule has 2 unspecified atom stereocenters. The Morgan fingerprint density at radius 2 is 2.09 bits per heavy atom. The summed E-state index contributed by atoms with van der Waals surface area (Å²) in [4.78, 5) is 15.0. The number of carbonyl (C=O) groups is 1. The van der Waals surface area contributed by atoms with Crippen LogP contribution in [0.5, 0.6) is 0 Å². The second-order valence-electron chi connectivity index (χ2n) is 6.64. The van der Waals surface area contributed by atoms with Crippen molar-refractivity contribution >= 4 is 22.5 Å². The monoisotopic (exact) mass is 315 g/mol. The fourth-order valence-corrected chi connectivity index (χ4v) is 4.05. The third-order valence-electron chi connectivity index (χ3n) is 5.34. The number of aromatic amines is 1. The summed E-state index contributed by atoms with van der Waals surface area (Å²) < 4.78 is 0. The third kappa shape index (κ3) is 2.46.